The first-order valence-corrected chi connectivity index (χ1v) is 8.81. The van der Waals surface area contributed by atoms with Crippen molar-refractivity contribution < 1.29 is 27.5 Å². The fourth-order valence-electron chi connectivity index (χ4n) is 2.51. The van der Waals surface area contributed by atoms with E-state index in [1.807, 2.05) is 0 Å². The van der Waals surface area contributed by atoms with Gasteiger partial charge in [0.1, 0.15) is 5.82 Å². The summed E-state index contributed by atoms with van der Waals surface area (Å²) in [7, 11) is -3.56. The van der Waals surface area contributed by atoms with E-state index in [1.54, 1.807) is 0 Å². The number of benzene rings is 1. The highest BCUT2D eigenvalue weighted by molar-refractivity contribution is 7.91. The second kappa shape index (κ2) is 5.92. The van der Waals surface area contributed by atoms with Gasteiger partial charge in [0.2, 0.25) is 0 Å². The Hall–Kier alpha value is -1.96. The molecular weight excluding hydrogens is 325 g/mol. The number of carboxylic acids is 1. The van der Waals surface area contributed by atoms with Gasteiger partial charge in [-0.15, -0.1) is 0 Å². The Bertz CT molecular complexity index is 761. The van der Waals surface area contributed by atoms with Crippen LogP contribution in [-0.2, 0) is 14.6 Å². The lowest BCUT2D eigenvalue weighted by Gasteiger charge is -2.20. The van der Waals surface area contributed by atoms with E-state index in [4.69, 9.17) is 0 Å². The molecule has 1 heterocycles. The second-order valence-corrected chi connectivity index (χ2v) is 8.17. The lowest BCUT2D eigenvalue weighted by atomic mass is 9.90. The number of carboxylic acid groups (broad SMARTS) is 1. The van der Waals surface area contributed by atoms with E-state index in [2.05, 4.69) is 0 Å². The van der Waals surface area contributed by atoms with E-state index in [0.29, 0.717) is 0 Å². The third-order valence-electron chi connectivity index (χ3n) is 4.18. The monoisotopic (exact) mass is 343 g/mol. The summed E-state index contributed by atoms with van der Waals surface area (Å²) in [5.41, 5.74) is -1.42. The van der Waals surface area contributed by atoms with Crippen LogP contribution < -0.4 is 0 Å². The first-order valence-electron chi connectivity index (χ1n) is 7.16. The van der Waals surface area contributed by atoms with Gasteiger partial charge in [-0.1, -0.05) is 6.92 Å². The van der Waals surface area contributed by atoms with Gasteiger partial charge in [0.05, 0.1) is 21.6 Å². The normalized spacial score (nSPS) is 21.4. The molecule has 0 unspecified atom stereocenters. The molecule has 1 aliphatic heterocycles. The number of halogens is 1. The van der Waals surface area contributed by atoms with Gasteiger partial charge in [0.25, 0.3) is 5.91 Å². The van der Waals surface area contributed by atoms with Crippen molar-refractivity contribution in [3.63, 3.8) is 0 Å². The molecule has 23 heavy (non-hydrogen) atoms. The number of amides is 1. The lowest BCUT2D eigenvalue weighted by molar-refractivity contribution is -0.147. The zero-order valence-electron chi connectivity index (χ0n) is 12.9. The molecule has 1 atom stereocenters. The summed E-state index contributed by atoms with van der Waals surface area (Å²) in [5, 5.41) is 9.19. The number of hydrogen-bond donors (Lipinski definition) is 1. The van der Waals surface area contributed by atoms with E-state index >= 15 is 0 Å². The van der Waals surface area contributed by atoms with Crippen molar-refractivity contribution in [2.45, 2.75) is 25.2 Å². The van der Waals surface area contributed by atoms with Crippen LogP contribution in [-0.4, -0.2) is 49.1 Å². The van der Waals surface area contributed by atoms with Crippen LogP contribution in [0, 0.1) is 11.2 Å². The van der Waals surface area contributed by atoms with Crippen molar-refractivity contribution in [1.82, 2.24) is 4.90 Å². The molecule has 0 spiro atoms. The third kappa shape index (κ3) is 3.21. The number of hydrogen-bond acceptors (Lipinski definition) is 4. The first kappa shape index (κ1) is 17.4. The molecule has 0 saturated carbocycles. The van der Waals surface area contributed by atoms with Crippen molar-refractivity contribution in [2.24, 2.45) is 5.41 Å². The van der Waals surface area contributed by atoms with Crippen LogP contribution in [0.4, 0.5) is 4.39 Å². The Morgan fingerprint density at radius 3 is 2.57 bits per heavy atom. The van der Waals surface area contributed by atoms with E-state index in [1.165, 1.54) is 18.7 Å². The van der Waals surface area contributed by atoms with Gasteiger partial charge in [-0.2, -0.15) is 0 Å². The van der Waals surface area contributed by atoms with Crippen molar-refractivity contribution in [3.05, 3.63) is 29.6 Å². The summed E-state index contributed by atoms with van der Waals surface area (Å²) in [6, 6.07) is 3.09. The molecule has 1 aromatic carbocycles. The fourth-order valence-corrected chi connectivity index (χ4v) is 3.41. The molecule has 126 valence electrons. The van der Waals surface area contributed by atoms with Gasteiger partial charge in [-0.25, -0.2) is 12.8 Å². The number of aliphatic carboxylic acids is 1. The average molecular weight is 343 g/mol. The number of carbonyl (C=O) groups excluding carboxylic acids is 1. The molecule has 1 aliphatic rings. The SMILES string of the molecule is CCS(=O)(=O)c1ccc(F)c(C(=O)N2CC[C@@](C)(C(=O)O)C2)c1. The van der Waals surface area contributed by atoms with Crippen LogP contribution in [0.1, 0.15) is 30.6 Å². The maximum Gasteiger partial charge on any atom is 0.311 e. The summed E-state index contributed by atoms with van der Waals surface area (Å²) in [6.07, 6.45) is 0.267. The van der Waals surface area contributed by atoms with Crippen LogP contribution in [0.3, 0.4) is 0 Å². The standard InChI is InChI=1S/C15H18FNO5S/c1-3-23(21,22)10-4-5-12(16)11(8-10)13(18)17-7-6-15(2,9-17)14(19)20/h4-5,8H,3,6-7,9H2,1-2H3,(H,19,20)/t15-/m1/s1. The molecular formula is C15H18FNO5S. The van der Waals surface area contributed by atoms with Gasteiger partial charge >= 0.3 is 5.97 Å². The van der Waals surface area contributed by atoms with E-state index in [9.17, 15) is 27.5 Å². The summed E-state index contributed by atoms with van der Waals surface area (Å²) < 4.78 is 37.7. The molecule has 1 N–H and O–H groups in total. The zero-order valence-corrected chi connectivity index (χ0v) is 13.7. The number of rotatable bonds is 4. The van der Waals surface area contributed by atoms with Crippen molar-refractivity contribution in [3.8, 4) is 0 Å². The van der Waals surface area contributed by atoms with E-state index < -0.39 is 32.9 Å². The van der Waals surface area contributed by atoms with Crippen LogP contribution >= 0.6 is 0 Å². The van der Waals surface area contributed by atoms with Gasteiger partial charge in [0, 0.05) is 13.1 Å². The summed E-state index contributed by atoms with van der Waals surface area (Å²) >= 11 is 0. The molecule has 6 nitrogen and oxygen atoms in total. The minimum absolute atomic E-state index is 0.0363. The molecule has 1 aromatic rings. The van der Waals surface area contributed by atoms with Gasteiger partial charge < -0.3 is 10.0 Å². The number of carbonyl (C=O) groups is 2. The summed E-state index contributed by atoms with van der Waals surface area (Å²) in [6.45, 7) is 3.13. The second-order valence-electron chi connectivity index (χ2n) is 5.89. The summed E-state index contributed by atoms with van der Waals surface area (Å²) in [4.78, 5) is 24.8. The molecule has 0 radical (unpaired) electrons. The van der Waals surface area contributed by atoms with Crippen molar-refractivity contribution >= 4 is 21.7 Å². The molecule has 0 aliphatic carbocycles. The molecule has 2 rings (SSSR count). The predicted octanol–water partition coefficient (Wildman–Crippen LogP) is 1.56. The van der Waals surface area contributed by atoms with Crippen LogP contribution in [0.5, 0.6) is 0 Å². The van der Waals surface area contributed by atoms with Crippen molar-refractivity contribution in [2.75, 3.05) is 18.8 Å². The Kier molecular flexibility index (Phi) is 4.48. The van der Waals surface area contributed by atoms with E-state index in [0.717, 1.165) is 18.2 Å². The molecule has 8 heteroatoms. The molecule has 1 amide bonds. The zero-order chi connectivity index (χ0) is 17.4. The Balaban J connectivity index is 2.34. The number of likely N-dealkylation sites (tertiary alicyclic amines) is 1. The minimum atomic E-state index is -3.56. The van der Waals surface area contributed by atoms with Crippen LogP contribution in [0.2, 0.25) is 0 Å². The quantitative estimate of drug-likeness (QED) is 0.838. The molecule has 0 aromatic heterocycles. The van der Waals surface area contributed by atoms with Crippen LogP contribution in [0.15, 0.2) is 23.1 Å². The third-order valence-corrected chi connectivity index (χ3v) is 5.92. The number of sulfone groups is 1. The minimum Gasteiger partial charge on any atom is -0.481 e. The molecule has 1 saturated heterocycles. The van der Waals surface area contributed by atoms with Crippen LogP contribution in [0.25, 0.3) is 0 Å². The lowest BCUT2D eigenvalue weighted by Crippen LogP contribution is -2.35. The van der Waals surface area contributed by atoms with Gasteiger partial charge in [-0.3, -0.25) is 9.59 Å². The van der Waals surface area contributed by atoms with Crippen molar-refractivity contribution in [1.29, 1.82) is 0 Å². The molecule has 0 bridgehead atoms. The smallest absolute Gasteiger partial charge is 0.311 e. The number of nitrogens with zero attached hydrogens (tertiary/aromatic N) is 1. The highest BCUT2D eigenvalue weighted by Crippen LogP contribution is 2.31. The maximum absolute atomic E-state index is 14.0. The maximum atomic E-state index is 14.0. The first-order chi connectivity index (χ1) is 10.6. The molecule has 1 fully saturated rings. The fraction of sp³-hybridized carbons (Fsp3) is 0.467. The highest BCUT2D eigenvalue weighted by atomic mass is 32.2. The largest absolute Gasteiger partial charge is 0.481 e. The highest BCUT2D eigenvalue weighted by Gasteiger charge is 2.42. The topological polar surface area (TPSA) is 91.8 Å². The average Bonchev–Trinajstić information content (AvgIpc) is 2.91. The van der Waals surface area contributed by atoms with E-state index in [-0.39, 0.29) is 35.7 Å². The summed E-state index contributed by atoms with van der Waals surface area (Å²) in [5.74, 6) is -2.70. The predicted molar refractivity (Wildman–Crippen MR) is 80.4 cm³/mol. The Morgan fingerprint density at radius 1 is 1.39 bits per heavy atom. The Labute approximate surface area is 133 Å². The van der Waals surface area contributed by atoms with Gasteiger partial charge in [-0.05, 0) is 31.5 Å². The van der Waals surface area contributed by atoms with Gasteiger partial charge in [0.15, 0.2) is 9.84 Å². The Morgan fingerprint density at radius 2 is 2.04 bits per heavy atom.